The van der Waals surface area contributed by atoms with Crippen molar-refractivity contribution in [2.24, 2.45) is 4.99 Å². The van der Waals surface area contributed by atoms with E-state index in [-0.39, 0.29) is 41.5 Å². The van der Waals surface area contributed by atoms with Crippen molar-refractivity contribution in [3.63, 3.8) is 0 Å². The van der Waals surface area contributed by atoms with E-state index in [2.05, 4.69) is 54.9 Å². The lowest BCUT2D eigenvalue weighted by Gasteiger charge is -2.49. The molecule has 140 valence electrons. The van der Waals surface area contributed by atoms with E-state index >= 15 is 0 Å². The predicted molar refractivity (Wildman–Crippen MR) is 110 cm³/mol. The molecule has 0 radical (unpaired) electrons. The number of likely N-dealkylation sites (N-methyl/N-ethyl adjacent to an activating group) is 1. The SMILES string of the molecule is CN=C(NCC1CCCN1C)N1CC(=O)N(C(C)C)C(C)(C)C1.I. The van der Waals surface area contributed by atoms with Crippen LogP contribution in [0, 0.1) is 0 Å². The van der Waals surface area contributed by atoms with E-state index in [9.17, 15) is 4.79 Å². The zero-order valence-corrected chi connectivity index (χ0v) is 18.3. The van der Waals surface area contributed by atoms with Crippen LogP contribution in [0.2, 0.25) is 0 Å². The molecule has 0 spiro atoms. The van der Waals surface area contributed by atoms with E-state index in [0.29, 0.717) is 12.6 Å². The van der Waals surface area contributed by atoms with Crippen molar-refractivity contribution in [1.29, 1.82) is 0 Å². The van der Waals surface area contributed by atoms with E-state index in [4.69, 9.17) is 0 Å². The van der Waals surface area contributed by atoms with Crippen molar-refractivity contribution < 1.29 is 4.79 Å². The molecule has 2 fully saturated rings. The summed E-state index contributed by atoms with van der Waals surface area (Å²) in [7, 11) is 3.98. The van der Waals surface area contributed by atoms with Crippen molar-refractivity contribution in [2.45, 2.75) is 58.2 Å². The van der Waals surface area contributed by atoms with Gasteiger partial charge in [0.25, 0.3) is 0 Å². The number of carbonyl (C=O) groups excluding carboxylic acids is 1. The summed E-state index contributed by atoms with van der Waals surface area (Å²) in [6.07, 6.45) is 2.49. The Bertz CT molecular complexity index is 466. The first-order valence-corrected chi connectivity index (χ1v) is 8.74. The van der Waals surface area contributed by atoms with Crippen molar-refractivity contribution >= 4 is 35.8 Å². The minimum atomic E-state index is -0.189. The number of hydrogen-bond acceptors (Lipinski definition) is 3. The highest BCUT2D eigenvalue weighted by Gasteiger charge is 2.40. The van der Waals surface area contributed by atoms with Gasteiger partial charge in [0.05, 0.1) is 12.1 Å². The van der Waals surface area contributed by atoms with Crippen molar-refractivity contribution in [2.75, 3.05) is 40.3 Å². The average Bonchev–Trinajstić information content (AvgIpc) is 2.82. The number of likely N-dealkylation sites (tertiary alicyclic amines) is 1. The Kier molecular flexibility index (Phi) is 7.77. The fourth-order valence-corrected chi connectivity index (χ4v) is 4.09. The minimum absolute atomic E-state index is 0. The standard InChI is InChI=1S/C17H33N5O.HI/c1-13(2)22-15(23)11-21(12-17(22,3)4)16(18-5)19-10-14-8-7-9-20(14)6;/h13-14H,7-12H2,1-6H3,(H,18,19);1H. The number of aliphatic imine (C=N–C) groups is 1. The van der Waals surface area contributed by atoms with Gasteiger partial charge < -0.3 is 20.0 Å². The van der Waals surface area contributed by atoms with Gasteiger partial charge in [-0.1, -0.05) is 0 Å². The first-order valence-electron chi connectivity index (χ1n) is 8.74. The number of amides is 1. The molecule has 2 aliphatic rings. The third-order valence-electron chi connectivity index (χ3n) is 5.02. The van der Waals surface area contributed by atoms with Gasteiger partial charge in [-0.25, -0.2) is 0 Å². The molecule has 0 bridgehead atoms. The van der Waals surface area contributed by atoms with E-state index < -0.39 is 0 Å². The van der Waals surface area contributed by atoms with Crippen LogP contribution in [0.3, 0.4) is 0 Å². The van der Waals surface area contributed by atoms with Crippen molar-refractivity contribution in [3.8, 4) is 0 Å². The Morgan fingerprint density at radius 1 is 1.42 bits per heavy atom. The molecule has 1 N–H and O–H groups in total. The maximum absolute atomic E-state index is 12.6. The van der Waals surface area contributed by atoms with Crippen LogP contribution in [0.25, 0.3) is 0 Å². The summed E-state index contributed by atoms with van der Waals surface area (Å²) in [4.78, 5) is 23.5. The molecular weight excluding hydrogens is 417 g/mol. The van der Waals surface area contributed by atoms with Crippen LogP contribution in [0.1, 0.15) is 40.5 Å². The predicted octanol–water partition coefficient (Wildman–Crippen LogP) is 1.61. The molecule has 0 saturated carbocycles. The quantitative estimate of drug-likeness (QED) is 0.403. The molecule has 1 amide bonds. The van der Waals surface area contributed by atoms with Gasteiger partial charge in [-0.15, -0.1) is 24.0 Å². The van der Waals surface area contributed by atoms with Crippen LogP contribution in [-0.2, 0) is 4.79 Å². The molecule has 6 nitrogen and oxygen atoms in total. The number of nitrogens with one attached hydrogen (secondary N) is 1. The molecule has 0 aromatic rings. The van der Waals surface area contributed by atoms with Crippen LogP contribution >= 0.6 is 24.0 Å². The molecular formula is C17H34IN5O. The second-order valence-corrected chi connectivity index (χ2v) is 7.73. The number of piperazine rings is 1. The summed E-state index contributed by atoms with van der Waals surface area (Å²) in [5.74, 6) is 1.02. The number of rotatable bonds is 3. The third kappa shape index (κ3) is 4.74. The smallest absolute Gasteiger partial charge is 0.242 e. The van der Waals surface area contributed by atoms with E-state index in [1.54, 1.807) is 7.05 Å². The molecule has 2 aliphatic heterocycles. The fraction of sp³-hybridized carbons (Fsp3) is 0.882. The third-order valence-corrected chi connectivity index (χ3v) is 5.02. The maximum atomic E-state index is 12.6. The molecule has 0 aromatic heterocycles. The van der Waals surface area contributed by atoms with Crippen LogP contribution in [-0.4, -0.2) is 84.5 Å². The first-order chi connectivity index (χ1) is 10.8. The summed E-state index contributed by atoms with van der Waals surface area (Å²) in [6.45, 7) is 11.7. The van der Waals surface area contributed by atoms with Crippen molar-refractivity contribution in [1.82, 2.24) is 20.0 Å². The van der Waals surface area contributed by atoms with E-state index in [1.807, 2.05) is 4.90 Å². The van der Waals surface area contributed by atoms with Gasteiger partial charge in [0.2, 0.25) is 5.91 Å². The van der Waals surface area contributed by atoms with Gasteiger partial charge in [0, 0.05) is 32.2 Å². The first kappa shape index (κ1) is 21.5. The highest BCUT2D eigenvalue weighted by molar-refractivity contribution is 14.0. The molecule has 7 heteroatoms. The topological polar surface area (TPSA) is 51.2 Å². The Morgan fingerprint density at radius 3 is 2.54 bits per heavy atom. The largest absolute Gasteiger partial charge is 0.355 e. The van der Waals surface area contributed by atoms with Gasteiger partial charge >= 0.3 is 0 Å². The number of guanidine groups is 1. The molecule has 2 heterocycles. The molecule has 1 atom stereocenters. The highest BCUT2D eigenvalue weighted by atomic mass is 127. The van der Waals surface area contributed by atoms with E-state index in [1.165, 1.54) is 19.4 Å². The van der Waals surface area contributed by atoms with Gasteiger partial charge in [0.1, 0.15) is 0 Å². The van der Waals surface area contributed by atoms with Crippen molar-refractivity contribution in [3.05, 3.63) is 0 Å². The number of hydrogen-bond donors (Lipinski definition) is 1. The summed E-state index contributed by atoms with van der Waals surface area (Å²) in [6, 6.07) is 0.786. The number of nitrogens with zero attached hydrogens (tertiary/aromatic N) is 4. The number of halogens is 1. The van der Waals surface area contributed by atoms with Gasteiger partial charge in [-0.3, -0.25) is 9.79 Å². The normalized spacial score (nSPS) is 25.2. The zero-order valence-electron chi connectivity index (χ0n) is 16.0. The Labute approximate surface area is 164 Å². The zero-order chi connectivity index (χ0) is 17.2. The van der Waals surface area contributed by atoms with Gasteiger partial charge in [-0.2, -0.15) is 0 Å². The lowest BCUT2D eigenvalue weighted by molar-refractivity contribution is -0.145. The highest BCUT2D eigenvalue weighted by Crippen LogP contribution is 2.24. The molecule has 2 rings (SSSR count). The Morgan fingerprint density at radius 2 is 2.08 bits per heavy atom. The summed E-state index contributed by atoms with van der Waals surface area (Å²) < 4.78 is 0. The Balaban J connectivity index is 0.00000288. The van der Waals surface area contributed by atoms with Crippen LogP contribution in [0.15, 0.2) is 4.99 Å². The minimum Gasteiger partial charge on any atom is -0.355 e. The molecule has 2 saturated heterocycles. The summed E-state index contributed by atoms with van der Waals surface area (Å²) in [5.41, 5.74) is -0.189. The molecule has 0 aromatic carbocycles. The van der Waals surface area contributed by atoms with Crippen LogP contribution < -0.4 is 5.32 Å². The molecule has 0 aliphatic carbocycles. The second-order valence-electron chi connectivity index (χ2n) is 7.73. The van der Waals surface area contributed by atoms with Crippen LogP contribution in [0.5, 0.6) is 0 Å². The maximum Gasteiger partial charge on any atom is 0.242 e. The monoisotopic (exact) mass is 451 g/mol. The number of carbonyl (C=O) groups is 1. The second kappa shape index (κ2) is 8.69. The lowest BCUT2D eigenvalue weighted by atomic mass is 9.96. The molecule has 24 heavy (non-hydrogen) atoms. The average molecular weight is 451 g/mol. The fourth-order valence-electron chi connectivity index (χ4n) is 4.09. The van der Waals surface area contributed by atoms with Gasteiger partial charge in [0.15, 0.2) is 5.96 Å². The molecule has 1 unspecified atom stereocenters. The Hall–Kier alpha value is -0.570. The lowest BCUT2D eigenvalue weighted by Crippen LogP contribution is -2.66. The van der Waals surface area contributed by atoms with Gasteiger partial charge in [-0.05, 0) is 54.1 Å². The van der Waals surface area contributed by atoms with E-state index in [0.717, 1.165) is 19.0 Å². The summed E-state index contributed by atoms with van der Waals surface area (Å²) in [5, 5.41) is 3.48. The summed E-state index contributed by atoms with van der Waals surface area (Å²) >= 11 is 0. The van der Waals surface area contributed by atoms with Crippen LogP contribution in [0.4, 0.5) is 0 Å².